The maximum Gasteiger partial charge on any atom is 0.336 e. The summed E-state index contributed by atoms with van der Waals surface area (Å²) in [6, 6.07) is 1.42. The van der Waals surface area contributed by atoms with Gasteiger partial charge in [-0.2, -0.15) is 0 Å². The molecule has 0 aliphatic heterocycles. The quantitative estimate of drug-likeness (QED) is 0.738. The van der Waals surface area contributed by atoms with Crippen molar-refractivity contribution in [3.63, 3.8) is 0 Å². The molecule has 0 radical (unpaired) electrons. The van der Waals surface area contributed by atoms with Crippen molar-refractivity contribution in [2.75, 3.05) is 0 Å². The number of aromatic carboxylic acids is 1. The summed E-state index contributed by atoms with van der Waals surface area (Å²) in [4.78, 5) is 21.9. The first kappa shape index (κ1) is 11.1. The molecule has 5 nitrogen and oxygen atoms in total. The Kier molecular flexibility index (Phi) is 2.47. The minimum Gasteiger partial charge on any atom is -0.481 e. The molecule has 0 amide bonds. The molecule has 16 heavy (non-hydrogen) atoms. The molecule has 0 aromatic carbocycles. The van der Waals surface area contributed by atoms with Crippen molar-refractivity contribution in [2.24, 2.45) is 5.92 Å². The van der Waals surface area contributed by atoms with Gasteiger partial charge in [0.05, 0.1) is 16.4 Å². The minimum absolute atomic E-state index is 0.0661. The molecule has 0 saturated heterocycles. The number of aliphatic hydroxyl groups is 1. The minimum atomic E-state index is -1.27. The molecule has 0 spiro atoms. The first-order chi connectivity index (χ1) is 7.44. The van der Waals surface area contributed by atoms with Crippen LogP contribution in [0.5, 0.6) is 0 Å². The standard InChI is InChI=1S/C10H10O5S/c11-8(12)5-3-10(15,4-5)7-6(9(13)14)1-2-16-7/h1-2,5,15H,3-4H2,(H,11,12)(H,13,14). The van der Waals surface area contributed by atoms with Gasteiger partial charge in [-0.15, -0.1) is 11.3 Å². The highest BCUT2D eigenvalue weighted by Crippen LogP contribution is 2.48. The number of carboxylic acids is 2. The van der Waals surface area contributed by atoms with Crippen LogP contribution in [-0.2, 0) is 10.4 Å². The van der Waals surface area contributed by atoms with Crippen LogP contribution < -0.4 is 0 Å². The third-order valence-electron chi connectivity index (χ3n) is 2.84. The van der Waals surface area contributed by atoms with Crippen molar-refractivity contribution in [1.29, 1.82) is 0 Å². The molecule has 0 unspecified atom stereocenters. The number of hydrogen-bond donors (Lipinski definition) is 3. The van der Waals surface area contributed by atoms with Crippen molar-refractivity contribution in [3.05, 3.63) is 21.9 Å². The lowest BCUT2D eigenvalue weighted by Crippen LogP contribution is -2.44. The van der Waals surface area contributed by atoms with Crippen LogP contribution >= 0.6 is 11.3 Å². The first-order valence-electron chi connectivity index (χ1n) is 4.70. The fourth-order valence-electron chi connectivity index (χ4n) is 1.95. The molecule has 6 heteroatoms. The maximum atomic E-state index is 10.9. The summed E-state index contributed by atoms with van der Waals surface area (Å²) in [5.41, 5.74) is -1.21. The van der Waals surface area contributed by atoms with Gasteiger partial charge < -0.3 is 15.3 Å². The monoisotopic (exact) mass is 242 g/mol. The molecule has 0 atom stereocenters. The Morgan fingerprint density at radius 3 is 2.50 bits per heavy atom. The average molecular weight is 242 g/mol. The highest BCUT2D eigenvalue weighted by Gasteiger charge is 2.49. The first-order valence-corrected chi connectivity index (χ1v) is 5.58. The Balaban J connectivity index is 2.23. The molecule has 1 aromatic rings. The summed E-state index contributed by atoms with van der Waals surface area (Å²) in [6.07, 6.45) is 0.173. The van der Waals surface area contributed by atoms with Crippen LogP contribution in [0.3, 0.4) is 0 Å². The van der Waals surface area contributed by atoms with Gasteiger partial charge in [0.1, 0.15) is 5.60 Å². The number of carbonyl (C=O) groups is 2. The number of aliphatic carboxylic acids is 1. The average Bonchev–Trinajstić information content (AvgIpc) is 2.60. The van der Waals surface area contributed by atoms with Gasteiger partial charge in [0.15, 0.2) is 0 Å². The van der Waals surface area contributed by atoms with Gasteiger partial charge >= 0.3 is 11.9 Å². The maximum absolute atomic E-state index is 10.9. The second kappa shape index (κ2) is 3.57. The molecule has 1 heterocycles. The number of thiophene rings is 1. The molecule has 1 fully saturated rings. The van der Waals surface area contributed by atoms with Crippen LogP contribution in [-0.4, -0.2) is 27.3 Å². The van der Waals surface area contributed by atoms with Gasteiger partial charge in [-0.05, 0) is 24.3 Å². The molecule has 1 aliphatic rings. The largest absolute Gasteiger partial charge is 0.481 e. The van der Waals surface area contributed by atoms with Gasteiger partial charge in [0.2, 0.25) is 0 Å². The van der Waals surface area contributed by atoms with Crippen LogP contribution in [0, 0.1) is 5.92 Å². The van der Waals surface area contributed by atoms with Crippen LogP contribution in [0.1, 0.15) is 28.1 Å². The van der Waals surface area contributed by atoms with Crippen LogP contribution in [0.4, 0.5) is 0 Å². The van der Waals surface area contributed by atoms with Crippen LogP contribution in [0.15, 0.2) is 11.4 Å². The SMILES string of the molecule is O=C(O)c1ccsc1C1(O)CC(C(=O)O)C1. The number of hydrogen-bond acceptors (Lipinski definition) is 4. The number of rotatable bonds is 3. The lowest BCUT2D eigenvalue weighted by Gasteiger charge is -2.41. The van der Waals surface area contributed by atoms with E-state index in [1.807, 2.05) is 0 Å². The molecule has 1 aliphatic carbocycles. The zero-order chi connectivity index (χ0) is 11.9. The van der Waals surface area contributed by atoms with E-state index in [0.717, 1.165) is 11.3 Å². The Hall–Kier alpha value is -1.40. The normalized spacial score (nSPS) is 28.4. The third-order valence-corrected chi connectivity index (χ3v) is 3.94. The summed E-state index contributed by atoms with van der Waals surface area (Å²) >= 11 is 1.15. The van der Waals surface area contributed by atoms with E-state index in [1.54, 1.807) is 5.38 Å². The summed E-state index contributed by atoms with van der Waals surface area (Å²) < 4.78 is 0. The van der Waals surface area contributed by atoms with E-state index in [0.29, 0.717) is 4.88 Å². The van der Waals surface area contributed by atoms with E-state index in [4.69, 9.17) is 10.2 Å². The molecule has 3 N–H and O–H groups in total. The topological polar surface area (TPSA) is 94.8 Å². The van der Waals surface area contributed by atoms with Crippen molar-refractivity contribution in [2.45, 2.75) is 18.4 Å². The fraction of sp³-hybridized carbons (Fsp3) is 0.400. The van der Waals surface area contributed by atoms with E-state index in [2.05, 4.69) is 0 Å². The van der Waals surface area contributed by atoms with E-state index < -0.39 is 23.5 Å². The zero-order valence-corrected chi connectivity index (χ0v) is 9.03. The highest BCUT2D eigenvalue weighted by molar-refractivity contribution is 7.10. The zero-order valence-electron chi connectivity index (χ0n) is 8.21. The van der Waals surface area contributed by atoms with E-state index in [1.165, 1.54) is 6.07 Å². The summed E-state index contributed by atoms with van der Waals surface area (Å²) in [5.74, 6) is -2.62. The lowest BCUT2D eigenvalue weighted by atomic mass is 9.69. The Bertz CT molecular complexity index is 444. The third kappa shape index (κ3) is 1.60. The smallest absolute Gasteiger partial charge is 0.336 e. The number of carboxylic acid groups (broad SMARTS) is 2. The Labute approximate surface area is 95.0 Å². The molecule has 86 valence electrons. The predicted octanol–water partition coefficient (Wildman–Crippen LogP) is 1.13. The molecule has 1 saturated carbocycles. The van der Waals surface area contributed by atoms with E-state index >= 15 is 0 Å². The molecular weight excluding hydrogens is 232 g/mol. The van der Waals surface area contributed by atoms with Gasteiger partial charge in [-0.25, -0.2) is 4.79 Å². The van der Waals surface area contributed by atoms with E-state index in [-0.39, 0.29) is 18.4 Å². The van der Waals surface area contributed by atoms with Gasteiger partial charge in [0, 0.05) is 0 Å². The van der Waals surface area contributed by atoms with Crippen LogP contribution in [0.25, 0.3) is 0 Å². The second-order valence-corrected chi connectivity index (χ2v) is 4.86. The van der Waals surface area contributed by atoms with Gasteiger partial charge in [-0.1, -0.05) is 0 Å². The highest BCUT2D eigenvalue weighted by atomic mass is 32.1. The van der Waals surface area contributed by atoms with E-state index in [9.17, 15) is 14.7 Å². The van der Waals surface area contributed by atoms with Crippen molar-refractivity contribution in [1.82, 2.24) is 0 Å². The Morgan fingerprint density at radius 1 is 1.38 bits per heavy atom. The molecule has 1 aromatic heterocycles. The predicted molar refractivity (Wildman–Crippen MR) is 55.5 cm³/mol. The van der Waals surface area contributed by atoms with Crippen molar-refractivity contribution >= 4 is 23.3 Å². The molecular formula is C10H10O5S. The Morgan fingerprint density at radius 2 is 2.00 bits per heavy atom. The second-order valence-electron chi connectivity index (χ2n) is 3.94. The summed E-state index contributed by atoms with van der Waals surface area (Å²) in [7, 11) is 0. The summed E-state index contributed by atoms with van der Waals surface area (Å²) in [6.45, 7) is 0. The molecule has 0 bridgehead atoms. The van der Waals surface area contributed by atoms with Crippen LogP contribution in [0.2, 0.25) is 0 Å². The fourth-order valence-corrected chi connectivity index (χ4v) is 2.96. The lowest BCUT2D eigenvalue weighted by molar-refractivity contribution is -0.159. The van der Waals surface area contributed by atoms with Gasteiger partial charge in [0.25, 0.3) is 0 Å². The van der Waals surface area contributed by atoms with Gasteiger partial charge in [-0.3, -0.25) is 4.79 Å². The van der Waals surface area contributed by atoms with Crippen molar-refractivity contribution in [3.8, 4) is 0 Å². The molecule has 2 rings (SSSR count). The summed E-state index contributed by atoms with van der Waals surface area (Å²) in [5, 5.41) is 29.3. The van der Waals surface area contributed by atoms with Crippen molar-refractivity contribution < 1.29 is 24.9 Å².